The zero-order valence-corrected chi connectivity index (χ0v) is 12.4. The molecule has 2 N–H and O–H groups in total. The fraction of sp³-hybridized carbons (Fsp3) is 0.200. The third-order valence-corrected chi connectivity index (χ3v) is 4.04. The van der Waals surface area contributed by atoms with Crippen LogP contribution in [-0.4, -0.2) is 17.4 Å². The Labute approximate surface area is 125 Å². The smallest absolute Gasteiger partial charge is 0.229 e. The first-order chi connectivity index (χ1) is 9.74. The lowest BCUT2D eigenvalue weighted by Crippen LogP contribution is -2.33. The number of anilines is 2. The van der Waals surface area contributed by atoms with Crippen LogP contribution < -0.4 is 10.6 Å². The Kier molecular flexibility index (Phi) is 3.69. The van der Waals surface area contributed by atoms with E-state index in [-0.39, 0.29) is 11.8 Å². The summed E-state index contributed by atoms with van der Waals surface area (Å²) in [7, 11) is 0. The van der Waals surface area contributed by atoms with E-state index in [1.54, 1.807) is 12.3 Å². The number of pyridine rings is 1. The van der Waals surface area contributed by atoms with Crippen molar-refractivity contribution >= 4 is 33.2 Å². The van der Waals surface area contributed by atoms with E-state index in [0.717, 1.165) is 12.1 Å². The van der Waals surface area contributed by atoms with Crippen molar-refractivity contribution in [3.63, 3.8) is 0 Å². The highest BCUT2D eigenvalue weighted by atomic mass is 79.9. The Balaban J connectivity index is 1.72. The first-order valence-electron chi connectivity index (χ1n) is 6.47. The van der Waals surface area contributed by atoms with E-state index < -0.39 is 0 Å². The number of nitrogens with one attached hydrogen (secondary N) is 2. The Morgan fingerprint density at radius 1 is 1.30 bits per heavy atom. The molecule has 0 fully saturated rings. The van der Waals surface area contributed by atoms with Crippen LogP contribution in [0.4, 0.5) is 11.4 Å². The van der Waals surface area contributed by atoms with Crippen LogP contribution in [0.5, 0.6) is 0 Å². The third-order valence-electron chi connectivity index (χ3n) is 3.41. The molecule has 2 aromatic rings. The molecule has 3 rings (SSSR count). The van der Waals surface area contributed by atoms with E-state index in [4.69, 9.17) is 0 Å². The Bertz CT molecular complexity index is 645. The van der Waals surface area contributed by atoms with Crippen molar-refractivity contribution in [1.82, 2.24) is 4.98 Å². The van der Waals surface area contributed by atoms with E-state index in [1.165, 1.54) is 5.56 Å². The molecule has 20 heavy (non-hydrogen) atoms. The van der Waals surface area contributed by atoms with Crippen LogP contribution in [-0.2, 0) is 11.2 Å². The molecule has 4 nitrogen and oxygen atoms in total. The summed E-state index contributed by atoms with van der Waals surface area (Å²) in [5, 5.41) is 6.23. The van der Waals surface area contributed by atoms with Gasteiger partial charge >= 0.3 is 0 Å². The highest BCUT2D eigenvalue weighted by Gasteiger charge is 2.24. The first kappa shape index (κ1) is 13.1. The molecule has 1 aromatic heterocycles. The van der Waals surface area contributed by atoms with Crippen molar-refractivity contribution in [2.24, 2.45) is 5.92 Å². The number of nitrogens with zero attached hydrogens (tertiary/aromatic N) is 1. The van der Waals surface area contributed by atoms with Crippen LogP contribution >= 0.6 is 15.9 Å². The number of rotatable bonds is 2. The van der Waals surface area contributed by atoms with Gasteiger partial charge in [0.05, 0.1) is 11.6 Å². The summed E-state index contributed by atoms with van der Waals surface area (Å²) in [4.78, 5) is 16.4. The van der Waals surface area contributed by atoms with Gasteiger partial charge in [0.1, 0.15) is 4.60 Å². The predicted molar refractivity (Wildman–Crippen MR) is 82.7 cm³/mol. The zero-order chi connectivity index (χ0) is 13.9. The molecule has 1 aliphatic rings. The van der Waals surface area contributed by atoms with Crippen molar-refractivity contribution < 1.29 is 4.79 Å². The molecule has 1 unspecified atom stereocenters. The van der Waals surface area contributed by atoms with Gasteiger partial charge in [-0.2, -0.15) is 0 Å². The van der Waals surface area contributed by atoms with E-state index in [0.29, 0.717) is 16.8 Å². The topological polar surface area (TPSA) is 54.0 Å². The molecule has 0 saturated heterocycles. The molecular weight excluding hydrogens is 318 g/mol. The van der Waals surface area contributed by atoms with Gasteiger partial charge in [0.2, 0.25) is 5.91 Å². The minimum absolute atomic E-state index is 0.0145. The lowest BCUT2D eigenvalue weighted by molar-refractivity contribution is -0.119. The standard InChI is InChI=1S/C15H14BrN3O/c16-14-13(6-3-7-17-14)19-15(20)11-8-10-4-1-2-5-12(10)18-9-11/h1-7,11,18H,8-9H2,(H,19,20). The predicted octanol–water partition coefficient (Wildman–Crippen LogP) is 3.07. The molecule has 0 radical (unpaired) electrons. The first-order valence-corrected chi connectivity index (χ1v) is 7.26. The zero-order valence-electron chi connectivity index (χ0n) is 10.8. The van der Waals surface area contributed by atoms with Crippen LogP contribution in [0.3, 0.4) is 0 Å². The number of fused-ring (bicyclic) bond motifs is 1. The second-order valence-electron chi connectivity index (χ2n) is 4.77. The van der Waals surface area contributed by atoms with Crippen LogP contribution in [0.25, 0.3) is 0 Å². The molecule has 1 aliphatic heterocycles. The number of amides is 1. The second kappa shape index (κ2) is 5.63. The number of benzene rings is 1. The monoisotopic (exact) mass is 331 g/mol. The Hall–Kier alpha value is -1.88. The molecule has 0 aliphatic carbocycles. The van der Waals surface area contributed by atoms with Gasteiger partial charge in [-0.1, -0.05) is 18.2 Å². The van der Waals surface area contributed by atoms with Gasteiger partial charge in [-0.25, -0.2) is 4.98 Å². The fourth-order valence-electron chi connectivity index (χ4n) is 2.34. The summed E-state index contributed by atoms with van der Waals surface area (Å²) in [5.41, 5.74) is 3.01. The highest BCUT2D eigenvalue weighted by molar-refractivity contribution is 9.10. The van der Waals surface area contributed by atoms with E-state index in [1.807, 2.05) is 24.3 Å². The van der Waals surface area contributed by atoms with Gasteiger partial charge in [0.25, 0.3) is 0 Å². The fourth-order valence-corrected chi connectivity index (χ4v) is 2.69. The van der Waals surface area contributed by atoms with Gasteiger partial charge in [-0.3, -0.25) is 4.79 Å². The number of carbonyl (C=O) groups excluding carboxylic acids is 1. The Morgan fingerprint density at radius 3 is 3.00 bits per heavy atom. The molecule has 1 aromatic carbocycles. The minimum atomic E-state index is -0.0722. The SMILES string of the molecule is O=C(Nc1cccnc1Br)C1CNc2ccccc2C1. The Morgan fingerprint density at radius 2 is 2.15 bits per heavy atom. The van der Waals surface area contributed by atoms with Crippen molar-refractivity contribution in [3.05, 3.63) is 52.8 Å². The molecule has 1 atom stereocenters. The molecule has 0 spiro atoms. The lowest BCUT2D eigenvalue weighted by Gasteiger charge is -2.25. The molecule has 2 heterocycles. The molecule has 102 valence electrons. The summed E-state index contributed by atoms with van der Waals surface area (Å²) >= 11 is 3.33. The maximum atomic E-state index is 12.3. The third kappa shape index (κ3) is 2.67. The molecule has 0 bridgehead atoms. The number of carbonyl (C=O) groups is 1. The van der Waals surface area contributed by atoms with Crippen LogP contribution in [0.15, 0.2) is 47.2 Å². The van der Waals surface area contributed by atoms with Gasteiger partial charge in [0, 0.05) is 18.4 Å². The van der Waals surface area contributed by atoms with Crippen molar-refractivity contribution in [2.45, 2.75) is 6.42 Å². The summed E-state index contributed by atoms with van der Waals surface area (Å²) in [6.07, 6.45) is 2.44. The maximum Gasteiger partial charge on any atom is 0.229 e. The van der Waals surface area contributed by atoms with E-state index in [9.17, 15) is 4.79 Å². The number of aromatic nitrogens is 1. The number of hydrogen-bond donors (Lipinski definition) is 2. The number of halogens is 1. The highest BCUT2D eigenvalue weighted by Crippen LogP contribution is 2.26. The summed E-state index contributed by atoms with van der Waals surface area (Å²) in [5.74, 6) is -0.0577. The van der Waals surface area contributed by atoms with Crippen molar-refractivity contribution in [3.8, 4) is 0 Å². The lowest BCUT2D eigenvalue weighted by atomic mass is 9.93. The number of hydrogen-bond acceptors (Lipinski definition) is 3. The summed E-state index contributed by atoms with van der Waals surface area (Å²) in [6, 6.07) is 11.7. The van der Waals surface area contributed by atoms with Gasteiger partial charge < -0.3 is 10.6 Å². The summed E-state index contributed by atoms with van der Waals surface area (Å²) < 4.78 is 0.650. The average molecular weight is 332 g/mol. The van der Waals surface area contributed by atoms with Crippen molar-refractivity contribution in [2.75, 3.05) is 17.2 Å². The van der Waals surface area contributed by atoms with Crippen LogP contribution in [0.2, 0.25) is 0 Å². The van der Waals surface area contributed by atoms with E-state index in [2.05, 4.69) is 37.6 Å². The minimum Gasteiger partial charge on any atom is -0.384 e. The molecule has 1 amide bonds. The van der Waals surface area contributed by atoms with Crippen molar-refractivity contribution in [1.29, 1.82) is 0 Å². The summed E-state index contributed by atoms with van der Waals surface area (Å²) in [6.45, 7) is 0.653. The van der Waals surface area contributed by atoms with Gasteiger partial charge in [-0.15, -0.1) is 0 Å². The van der Waals surface area contributed by atoms with Crippen LogP contribution in [0.1, 0.15) is 5.56 Å². The molecule has 5 heteroatoms. The quantitative estimate of drug-likeness (QED) is 0.831. The second-order valence-corrected chi connectivity index (χ2v) is 5.52. The van der Waals surface area contributed by atoms with Gasteiger partial charge in [0.15, 0.2) is 0 Å². The van der Waals surface area contributed by atoms with Gasteiger partial charge in [-0.05, 0) is 46.1 Å². The molecular formula is C15H14BrN3O. The largest absolute Gasteiger partial charge is 0.384 e. The average Bonchev–Trinajstić information content (AvgIpc) is 2.49. The maximum absolute atomic E-state index is 12.3. The normalized spacial score (nSPS) is 16.9. The van der Waals surface area contributed by atoms with Crippen LogP contribution in [0, 0.1) is 5.92 Å². The van der Waals surface area contributed by atoms with E-state index >= 15 is 0 Å². The number of para-hydroxylation sites is 1. The molecule has 0 saturated carbocycles.